The highest BCUT2D eigenvalue weighted by atomic mass is 35.5. The molecule has 1 N–H and O–H groups in total. The van der Waals surface area contributed by atoms with Crippen LogP contribution in [0.4, 0.5) is 8.78 Å². The molecule has 0 amide bonds. The van der Waals surface area contributed by atoms with Gasteiger partial charge in [0.15, 0.2) is 5.78 Å². The van der Waals surface area contributed by atoms with Crippen LogP contribution < -0.4 is 0 Å². The van der Waals surface area contributed by atoms with Gasteiger partial charge in [0.1, 0.15) is 6.10 Å². The van der Waals surface area contributed by atoms with Crippen molar-refractivity contribution in [3.8, 4) is 0 Å². The van der Waals surface area contributed by atoms with Crippen molar-refractivity contribution in [1.82, 2.24) is 0 Å². The molecule has 2 nitrogen and oxygen atoms in total. The van der Waals surface area contributed by atoms with Crippen LogP contribution in [-0.4, -0.2) is 22.4 Å². The van der Waals surface area contributed by atoms with Crippen molar-refractivity contribution < 1.29 is 18.7 Å². The van der Waals surface area contributed by atoms with E-state index in [4.69, 9.17) is 5.11 Å². The van der Waals surface area contributed by atoms with Gasteiger partial charge < -0.3 is 5.11 Å². The molecule has 1 aromatic rings. The van der Waals surface area contributed by atoms with E-state index in [9.17, 15) is 13.6 Å². The summed E-state index contributed by atoms with van der Waals surface area (Å²) in [7, 11) is 0. The van der Waals surface area contributed by atoms with Crippen LogP contribution >= 0.6 is 11.6 Å². The monoisotopic (exact) mass is 248 g/mol. The number of Topliss-reactive ketones (excluding diaryl/α,β-unsaturated/α-hetero) is 1. The van der Waals surface area contributed by atoms with E-state index in [-0.39, 0.29) is 5.56 Å². The van der Waals surface area contributed by atoms with Gasteiger partial charge in [-0.25, -0.2) is 0 Å². The molecule has 0 aromatic heterocycles. The third kappa shape index (κ3) is 3.54. The minimum Gasteiger partial charge on any atom is -0.385 e. The van der Waals surface area contributed by atoms with Crippen LogP contribution in [0.3, 0.4) is 0 Å². The van der Waals surface area contributed by atoms with Crippen LogP contribution in [0.15, 0.2) is 24.3 Å². The second kappa shape index (κ2) is 4.89. The number of alkyl halides is 3. The molecule has 1 aromatic carbocycles. The van der Waals surface area contributed by atoms with Crippen molar-refractivity contribution in [1.29, 1.82) is 0 Å². The second-order valence-electron chi connectivity index (χ2n) is 3.55. The zero-order chi connectivity index (χ0) is 12.3. The summed E-state index contributed by atoms with van der Waals surface area (Å²) in [5, 5.41) is 5.19. The maximum absolute atomic E-state index is 12.4. The highest BCUT2D eigenvalue weighted by Crippen LogP contribution is 2.26. The summed E-state index contributed by atoms with van der Waals surface area (Å²) in [5.41, 5.74) is 1.24. The fourth-order valence-electron chi connectivity index (χ4n) is 1.15. The Morgan fingerprint density at radius 1 is 1.44 bits per heavy atom. The number of ketones is 1. The molecule has 0 radical (unpaired) electrons. The van der Waals surface area contributed by atoms with E-state index < -0.39 is 23.7 Å². The molecule has 1 atom stereocenters. The van der Waals surface area contributed by atoms with Crippen molar-refractivity contribution in [2.45, 2.75) is 24.8 Å². The standard InChI is InChI=1S/C11H11ClF2O2/c1-7-2-4-8(5-3-7)9(15)6-10(16)11(12,13)14/h2-5,10,16H,6H2,1H3/t10-/m0/s1. The number of rotatable bonds is 4. The zero-order valence-corrected chi connectivity index (χ0v) is 9.34. The van der Waals surface area contributed by atoms with Gasteiger partial charge in [0.25, 0.3) is 0 Å². The maximum Gasteiger partial charge on any atom is 0.347 e. The topological polar surface area (TPSA) is 37.3 Å². The number of benzene rings is 1. The molecular weight excluding hydrogens is 238 g/mol. The van der Waals surface area contributed by atoms with E-state index in [1.165, 1.54) is 12.1 Å². The number of carbonyl (C=O) groups is 1. The average molecular weight is 249 g/mol. The molecule has 1 rings (SSSR count). The van der Waals surface area contributed by atoms with Crippen molar-refractivity contribution in [3.63, 3.8) is 0 Å². The molecule has 0 aliphatic heterocycles. The third-order valence-electron chi connectivity index (χ3n) is 2.13. The van der Waals surface area contributed by atoms with Gasteiger partial charge in [0.05, 0.1) is 0 Å². The van der Waals surface area contributed by atoms with Gasteiger partial charge in [-0.2, -0.15) is 8.78 Å². The molecule has 0 spiro atoms. The summed E-state index contributed by atoms with van der Waals surface area (Å²) in [6, 6.07) is 6.43. The molecule has 0 bridgehead atoms. The van der Waals surface area contributed by atoms with Crippen LogP contribution in [-0.2, 0) is 0 Å². The average Bonchev–Trinajstić information content (AvgIpc) is 2.17. The third-order valence-corrected chi connectivity index (χ3v) is 2.38. The number of halogens is 3. The highest BCUT2D eigenvalue weighted by molar-refractivity contribution is 6.22. The largest absolute Gasteiger partial charge is 0.385 e. The number of hydrogen-bond donors (Lipinski definition) is 1. The van der Waals surface area contributed by atoms with Gasteiger partial charge >= 0.3 is 5.38 Å². The molecule has 0 unspecified atom stereocenters. The van der Waals surface area contributed by atoms with Crippen molar-refractivity contribution in [2.75, 3.05) is 0 Å². The SMILES string of the molecule is Cc1ccc(C(=O)C[C@H](O)C(F)(F)Cl)cc1. The summed E-state index contributed by atoms with van der Waals surface area (Å²) in [4.78, 5) is 11.5. The molecule has 16 heavy (non-hydrogen) atoms. The summed E-state index contributed by atoms with van der Waals surface area (Å²) < 4.78 is 24.8. The fourth-order valence-corrected chi connectivity index (χ4v) is 1.23. The van der Waals surface area contributed by atoms with E-state index >= 15 is 0 Å². The van der Waals surface area contributed by atoms with Gasteiger partial charge in [-0.3, -0.25) is 4.79 Å². The summed E-state index contributed by atoms with van der Waals surface area (Å²) in [5.74, 6) is -0.562. The number of hydrogen-bond acceptors (Lipinski definition) is 2. The Morgan fingerprint density at radius 3 is 2.38 bits per heavy atom. The lowest BCUT2D eigenvalue weighted by Crippen LogP contribution is -2.29. The first-order chi connectivity index (χ1) is 7.30. The van der Waals surface area contributed by atoms with Crippen LogP contribution in [0.5, 0.6) is 0 Å². The fraction of sp³-hybridized carbons (Fsp3) is 0.364. The smallest absolute Gasteiger partial charge is 0.347 e. The molecule has 0 heterocycles. The number of aliphatic hydroxyl groups excluding tert-OH is 1. The minimum absolute atomic E-state index is 0.283. The Morgan fingerprint density at radius 2 is 1.94 bits per heavy atom. The maximum atomic E-state index is 12.4. The Kier molecular flexibility index (Phi) is 3.99. The normalized spacial score (nSPS) is 13.6. The van der Waals surface area contributed by atoms with Crippen LogP contribution in [0.25, 0.3) is 0 Å². The van der Waals surface area contributed by atoms with Gasteiger partial charge in [-0.1, -0.05) is 29.8 Å². The lowest BCUT2D eigenvalue weighted by molar-refractivity contribution is -0.0405. The predicted octanol–water partition coefficient (Wildman–Crippen LogP) is 2.76. The van der Waals surface area contributed by atoms with Gasteiger partial charge in [0.2, 0.25) is 0 Å². The first-order valence-electron chi connectivity index (χ1n) is 4.65. The predicted molar refractivity (Wildman–Crippen MR) is 56.9 cm³/mol. The summed E-state index contributed by atoms with van der Waals surface area (Å²) in [6.45, 7) is 1.84. The lowest BCUT2D eigenvalue weighted by atomic mass is 10.0. The number of aryl methyl sites for hydroxylation is 1. The van der Waals surface area contributed by atoms with Crippen LogP contribution in [0.2, 0.25) is 0 Å². The molecule has 0 saturated carbocycles. The first kappa shape index (κ1) is 13.1. The summed E-state index contributed by atoms with van der Waals surface area (Å²) >= 11 is 4.60. The molecule has 88 valence electrons. The van der Waals surface area contributed by atoms with E-state index in [0.29, 0.717) is 0 Å². The second-order valence-corrected chi connectivity index (χ2v) is 4.05. The Hall–Kier alpha value is -1.00. The van der Waals surface area contributed by atoms with Crippen LogP contribution in [0.1, 0.15) is 22.3 Å². The number of carbonyl (C=O) groups excluding carboxylic acids is 1. The van der Waals surface area contributed by atoms with E-state index in [1.807, 2.05) is 6.92 Å². The lowest BCUT2D eigenvalue weighted by Gasteiger charge is -2.14. The molecular formula is C11H11ClF2O2. The quantitative estimate of drug-likeness (QED) is 0.657. The zero-order valence-electron chi connectivity index (χ0n) is 8.58. The van der Waals surface area contributed by atoms with Crippen LogP contribution in [0, 0.1) is 6.92 Å². The van der Waals surface area contributed by atoms with Gasteiger partial charge in [0, 0.05) is 12.0 Å². The van der Waals surface area contributed by atoms with Crippen molar-refractivity contribution in [3.05, 3.63) is 35.4 Å². The number of aliphatic hydroxyl groups is 1. The van der Waals surface area contributed by atoms with Crippen molar-refractivity contribution in [2.24, 2.45) is 0 Å². The first-order valence-corrected chi connectivity index (χ1v) is 5.03. The highest BCUT2D eigenvalue weighted by Gasteiger charge is 2.36. The summed E-state index contributed by atoms with van der Waals surface area (Å²) in [6.07, 6.45) is -2.86. The molecule has 0 saturated heterocycles. The Balaban J connectivity index is 2.70. The molecule has 5 heteroatoms. The van der Waals surface area contributed by atoms with E-state index in [2.05, 4.69) is 11.6 Å². The molecule has 0 aliphatic carbocycles. The van der Waals surface area contributed by atoms with E-state index in [0.717, 1.165) is 5.56 Å². The molecule has 0 fully saturated rings. The van der Waals surface area contributed by atoms with Gasteiger partial charge in [-0.15, -0.1) is 0 Å². The minimum atomic E-state index is -3.78. The Labute approximate surface area is 96.8 Å². The van der Waals surface area contributed by atoms with Gasteiger partial charge in [-0.05, 0) is 18.5 Å². The van der Waals surface area contributed by atoms with Crippen molar-refractivity contribution >= 4 is 17.4 Å². The van der Waals surface area contributed by atoms with E-state index in [1.54, 1.807) is 12.1 Å². The Bertz CT molecular complexity index is 371. The molecule has 0 aliphatic rings.